The molecule has 20 heteroatoms. The summed E-state index contributed by atoms with van der Waals surface area (Å²) in [5.74, 6) is -0.428. The van der Waals surface area contributed by atoms with Gasteiger partial charge in [0.05, 0.1) is 44.6 Å². The summed E-state index contributed by atoms with van der Waals surface area (Å²) in [4.78, 5) is 57.7. The Morgan fingerprint density at radius 2 is 1.28 bits per heavy atom. The highest BCUT2D eigenvalue weighted by Crippen LogP contribution is 2.42. The SMILES string of the molecule is CCn1cc2c(Cl)c(C(=O)c3nc(C)c(Cl)nc3Cl)ccc2n1.CCn1cc2c(Cl)c(C(=O)c3nc(C)c(N4[C@H]5CC[C@@H]4[C@@H](F)[C@@H](NC(=O)OCc4ccccc4)C5)nc3Cl)ccc2n1. The first-order valence-electron chi connectivity index (χ1n) is 20.7. The van der Waals surface area contributed by atoms with Crippen molar-refractivity contribution in [3.63, 3.8) is 0 Å². The summed E-state index contributed by atoms with van der Waals surface area (Å²) in [5, 5.41) is 13.5. The molecule has 2 saturated heterocycles. The van der Waals surface area contributed by atoms with E-state index in [-0.39, 0.29) is 50.1 Å². The number of piperidine rings is 1. The molecule has 336 valence electrons. The Labute approximate surface area is 397 Å². The van der Waals surface area contributed by atoms with Crippen molar-refractivity contribution in [2.45, 2.75) is 91.0 Å². The summed E-state index contributed by atoms with van der Waals surface area (Å²) in [7, 11) is 0. The first-order valence-corrected chi connectivity index (χ1v) is 22.6. The summed E-state index contributed by atoms with van der Waals surface area (Å²) < 4.78 is 24.6. The average Bonchev–Trinajstić information content (AvgIpc) is 4.03. The summed E-state index contributed by atoms with van der Waals surface area (Å²) in [6.07, 6.45) is 3.27. The van der Waals surface area contributed by atoms with Crippen molar-refractivity contribution in [2.75, 3.05) is 4.90 Å². The molecule has 4 atom stereocenters. The van der Waals surface area contributed by atoms with Gasteiger partial charge in [-0.1, -0.05) is 88.3 Å². The maximum Gasteiger partial charge on any atom is 0.407 e. The largest absolute Gasteiger partial charge is 0.445 e. The number of benzene rings is 3. The Balaban J connectivity index is 0.000000211. The van der Waals surface area contributed by atoms with E-state index in [0.717, 1.165) is 17.5 Å². The Hall–Kier alpha value is -5.45. The number of fused-ring (bicyclic) bond motifs is 4. The van der Waals surface area contributed by atoms with Crippen LogP contribution in [0.25, 0.3) is 21.8 Å². The van der Waals surface area contributed by atoms with Gasteiger partial charge in [-0.15, -0.1) is 0 Å². The number of carbonyl (C=O) groups excluding carboxylic acids is 3. The highest BCUT2D eigenvalue weighted by Gasteiger charge is 2.49. The van der Waals surface area contributed by atoms with Gasteiger partial charge >= 0.3 is 6.09 Å². The zero-order valence-corrected chi connectivity index (χ0v) is 39.1. The van der Waals surface area contributed by atoms with E-state index < -0.39 is 35.9 Å². The second kappa shape index (κ2) is 19.2. The van der Waals surface area contributed by atoms with Crippen LogP contribution in [0.2, 0.25) is 25.5 Å². The average molecular weight is 981 g/mol. The number of hydrogen-bond donors (Lipinski definition) is 1. The van der Waals surface area contributed by atoms with Crippen LogP contribution in [0.15, 0.2) is 67.0 Å². The minimum atomic E-state index is -1.36. The third-order valence-corrected chi connectivity index (χ3v) is 13.2. The third-order valence-electron chi connectivity index (χ3n) is 11.5. The summed E-state index contributed by atoms with van der Waals surface area (Å²) in [6, 6.07) is 14.7. The van der Waals surface area contributed by atoms with Gasteiger partial charge in [0.25, 0.3) is 0 Å². The predicted molar refractivity (Wildman–Crippen MR) is 249 cm³/mol. The van der Waals surface area contributed by atoms with Crippen LogP contribution in [-0.2, 0) is 24.4 Å². The zero-order chi connectivity index (χ0) is 46.3. The molecule has 2 aliphatic heterocycles. The highest BCUT2D eigenvalue weighted by atomic mass is 35.5. The van der Waals surface area contributed by atoms with Crippen molar-refractivity contribution in [3.8, 4) is 0 Å². The number of alkyl halides is 1. The van der Waals surface area contributed by atoms with Crippen molar-refractivity contribution in [1.82, 2.24) is 44.8 Å². The second-order valence-corrected chi connectivity index (χ2v) is 17.4. The van der Waals surface area contributed by atoms with Gasteiger partial charge in [-0.2, -0.15) is 10.2 Å². The monoisotopic (exact) mass is 978 g/mol. The van der Waals surface area contributed by atoms with E-state index in [0.29, 0.717) is 70.0 Å². The maximum atomic E-state index is 15.8. The number of alkyl carbamates (subject to hydrolysis) is 1. The van der Waals surface area contributed by atoms with Gasteiger partial charge in [-0.3, -0.25) is 19.0 Å². The molecule has 0 spiro atoms. The van der Waals surface area contributed by atoms with Gasteiger partial charge in [0.15, 0.2) is 21.3 Å². The lowest BCUT2D eigenvalue weighted by Crippen LogP contribution is -2.58. The van der Waals surface area contributed by atoms with E-state index in [1.54, 1.807) is 59.9 Å². The number of aromatic nitrogens is 8. The number of nitrogens with zero attached hydrogens (tertiary/aromatic N) is 9. The van der Waals surface area contributed by atoms with Crippen molar-refractivity contribution in [3.05, 3.63) is 132 Å². The lowest BCUT2D eigenvalue weighted by Gasteiger charge is -2.42. The minimum Gasteiger partial charge on any atom is -0.445 e. The molecule has 2 aliphatic rings. The highest BCUT2D eigenvalue weighted by molar-refractivity contribution is 6.41. The molecule has 1 amide bonds. The van der Waals surface area contributed by atoms with Gasteiger partial charge < -0.3 is 15.0 Å². The molecule has 0 radical (unpaired) electrons. The molecule has 4 aromatic heterocycles. The van der Waals surface area contributed by atoms with Crippen LogP contribution in [0.3, 0.4) is 0 Å². The number of ketones is 2. The molecule has 2 bridgehead atoms. The smallest absolute Gasteiger partial charge is 0.407 e. The van der Waals surface area contributed by atoms with E-state index >= 15 is 4.39 Å². The Kier molecular flexibility index (Phi) is 13.6. The topological polar surface area (TPSA) is 163 Å². The molecule has 14 nitrogen and oxygen atoms in total. The number of hydrogen-bond acceptors (Lipinski definition) is 11. The standard InChI is InChI=1S/C30H29Cl2FN6O3.C15H11Cl3N4O/c1-3-38-14-20-21(37-38)11-10-19(24(20)31)27(40)26-28(32)36-29(16(2)34-26)39-18-9-12-23(39)25(33)22(13-18)35-30(41)42-15-17-7-5-4-6-8-17;1-3-22-6-9-10(21-22)5-4-8(11(9)16)13(23)12-15(18)20-14(17)7(2)19-12/h4-8,10-11,14,18,22-23,25H,3,9,12-13,15H2,1-2H3,(H,35,41);4-6H,3H2,1-2H3/t18-,22-,23+,25-;/m0./s1. The van der Waals surface area contributed by atoms with Crippen molar-refractivity contribution in [1.29, 1.82) is 0 Å². The fourth-order valence-corrected chi connectivity index (χ4v) is 9.36. The lowest BCUT2D eigenvalue weighted by molar-refractivity contribution is 0.102. The van der Waals surface area contributed by atoms with E-state index in [9.17, 15) is 14.4 Å². The van der Waals surface area contributed by atoms with Crippen LogP contribution in [0.4, 0.5) is 15.0 Å². The molecule has 7 aromatic rings. The summed E-state index contributed by atoms with van der Waals surface area (Å²) in [6.45, 7) is 8.79. The molecule has 9 rings (SSSR count). The normalized spacial score (nSPS) is 17.8. The first kappa shape index (κ1) is 46.1. The van der Waals surface area contributed by atoms with Crippen LogP contribution in [0.5, 0.6) is 0 Å². The fourth-order valence-electron chi connectivity index (χ4n) is 8.18. The third kappa shape index (κ3) is 9.21. The Morgan fingerprint density at radius 3 is 1.85 bits per heavy atom. The van der Waals surface area contributed by atoms with E-state index in [4.69, 9.17) is 62.7 Å². The van der Waals surface area contributed by atoms with E-state index in [1.807, 2.05) is 49.1 Å². The molecule has 65 heavy (non-hydrogen) atoms. The van der Waals surface area contributed by atoms with Gasteiger partial charge in [0.2, 0.25) is 11.6 Å². The van der Waals surface area contributed by atoms with Crippen LogP contribution < -0.4 is 10.2 Å². The number of amides is 1. The molecule has 1 N–H and O–H groups in total. The lowest BCUT2D eigenvalue weighted by atomic mass is 9.95. The molecule has 0 unspecified atom stereocenters. The predicted octanol–water partition coefficient (Wildman–Crippen LogP) is 10.4. The number of halogens is 6. The molecular weight excluding hydrogens is 941 g/mol. The maximum absolute atomic E-state index is 15.8. The van der Waals surface area contributed by atoms with Crippen LogP contribution in [-0.4, -0.2) is 81.5 Å². The minimum absolute atomic E-state index is 0.0242. The van der Waals surface area contributed by atoms with Crippen LogP contribution >= 0.6 is 58.0 Å². The number of ether oxygens (including phenoxy) is 1. The van der Waals surface area contributed by atoms with Gasteiger partial charge in [-0.05, 0) is 76.8 Å². The fraction of sp³-hybridized carbons (Fsp3) is 0.311. The van der Waals surface area contributed by atoms with Gasteiger partial charge in [0, 0.05) is 53.4 Å². The Bertz CT molecular complexity index is 2990. The molecule has 2 fully saturated rings. The van der Waals surface area contributed by atoms with E-state index in [1.165, 1.54) is 0 Å². The number of aryl methyl sites for hydroxylation is 4. The van der Waals surface area contributed by atoms with Crippen LogP contribution in [0, 0.1) is 13.8 Å². The zero-order valence-electron chi connectivity index (χ0n) is 35.3. The second-order valence-electron chi connectivity index (χ2n) is 15.6. The molecule has 0 aliphatic carbocycles. The first-order chi connectivity index (χ1) is 31.2. The molecular formula is C45H40Cl5FN10O4. The molecule has 3 aromatic carbocycles. The molecule has 0 saturated carbocycles. The van der Waals surface area contributed by atoms with Crippen LogP contribution in [0.1, 0.15) is 82.2 Å². The van der Waals surface area contributed by atoms with E-state index in [2.05, 4.69) is 35.5 Å². The number of rotatable bonds is 10. The van der Waals surface area contributed by atoms with Gasteiger partial charge in [0.1, 0.15) is 24.2 Å². The Morgan fingerprint density at radius 1 is 0.723 bits per heavy atom. The molecule has 6 heterocycles. The van der Waals surface area contributed by atoms with Crippen molar-refractivity contribution >= 4 is 103 Å². The van der Waals surface area contributed by atoms with Crippen molar-refractivity contribution in [2.24, 2.45) is 0 Å². The number of carbonyl (C=O) groups is 3. The summed E-state index contributed by atoms with van der Waals surface area (Å²) >= 11 is 31.4. The number of nitrogens with one attached hydrogen (secondary N) is 1. The van der Waals surface area contributed by atoms with Gasteiger partial charge in [-0.25, -0.2) is 29.1 Å². The quantitative estimate of drug-likeness (QED) is 0.130. The van der Waals surface area contributed by atoms with Crippen molar-refractivity contribution < 1.29 is 23.5 Å². The number of anilines is 1. The summed E-state index contributed by atoms with van der Waals surface area (Å²) in [5.41, 5.74) is 3.68.